The van der Waals surface area contributed by atoms with Crippen LogP contribution < -0.4 is 15.9 Å². The fourth-order valence-corrected chi connectivity index (χ4v) is 7.51. The van der Waals surface area contributed by atoms with E-state index in [0.717, 1.165) is 15.9 Å². The first-order chi connectivity index (χ1) is 12.7. The molecule has 0 N–H and O–H groups in total. The minimum Gasteiger partial charge on any atom is -0.465 e. The molecule has 0 unspecified atom stereocenters. The van der Waals surface area contributed by atoms with Gasteiger partial charge in [-0.25, -0.2) is 4.79 Å². The highest BCUT2D eigenvalue weighted by Crippen LogP contribution is 2.46. The lowest BCUT2D eigenvalue weighted by atomic mass is 10.3. The van der Waals surface area contributed by atoms with Crippen molar-refractivity contribution in [3.63, 3.8) is 0 Å². The molecular formula is C23H21O2P. The van der Waals surface area contributed by atoms with Crippen molar-refractivity contribution in [2.45, 2.75) is 0 Å². The van der Waals surface area contributed by atoms with Crippen LogP contribution in [-0.4, -0.2) is 18.4 Å². The van der Waals surface area contributed by atoms with Crippen LogP contribution in [0.1, 0.15) is 0 Å². The average Bonchev–Trinajstić information content (AvgIpc) is 2.73. The Balaban J connectivity index is 2.59. The summed E-state index contributed by atoms with van der Waals surface area (Å²) in [6.07, 6.45) is 1.66. The zero-order valence-corrected chi connectivity index (χ0v) is 15.6. The number of methoxy groups -OCH3 is 1. The molecule has 26 heavy (non-hydrogen) atoms. The summed E-state index contributed by atoms with van der Waals surface area (Å²) in [6, 6.07) is 30.5. The summed E-state index contributed by atoms with van der Waals surface area (Å²) in [5.74, 6) is -0.343. The van der Waals surface area contributed by atoms with Crippen LogP contribution in [0.25, 0.3) is 0 Å². The highest BCUT2D eigenvalue weighted by atomic mass is 31.2. The Morgan fingerprint density at radius 2 is 1.12 bits per heavy atom. The number of esters is 1. The topological polar surface area (TPSA) is 26.3 Å². The lowest BCUT2D eigenvalue weighted by molar-refractivity contribution is -0.132. The third kappa shape index (κ3) is 3.05. The Bertz CT molecular complexity index is 842. The molecule has 0 aliphatic rings. The average molecular weight is 360 g/mol. The van der Waals surface area contributed by atoms with Crippen molar-refractivity contribution in [2.24, 2.45) is 0 Å². The Labute approximate surface area is 154 Å². The Hall–Kier alpha value is -2.83. The van der Waals surface area contributed by atoms with Crippen molar-refractivity contribution in [1.29, 1.82) is 0 Å². The molecule has 130 valence electrons. The molecule has 3 aromatic carbocycles. The van der Waals surface area contributed by atoms with Crippen molar-refractivity contribution in [3.8, 4) is 0 Å². The number of hydrogen-bond acceptors (Lipinski definition) is 2. The van der Waals surface area contributed by atoms with Crippen LogP contribution in [0.4, 0.5) is 0 Å². The van der Waals surface area contributed by atoms with Gasteiger partial charge < -0.3 is 4.74 Å². The van der Waals surface area contributed by atoms with Gasteiger partial charge in [0.25, 0.3) is 0 Å². The van der Waals surface area contributed by atoms with Crippen LogP contribution in [0.2, 0.25) is 0 Å². The van der Waals surface area contributed by atoms with E-state index in [4.69, 9.17) is 4.74 Å². The zero-order chi connectivity index (χ0) is 18.4. The minimum atomic E-state index is -2.41. The normalized spacial score (nSPS) is 10.8. The Morgan fingerprint density at radius 1 is 0.769 bits per heavy atom. The van der Waals surface area contributed by atoms with Crippen LogP contribution in [0.15, 0.2) is 104 Å². The second-order valence-corrected chi connectivity index (χ2v) is 9.13. The highest BCUT2D eigenvalue weighted by molar-refractivity contribution is 7.96. The Kier molecular flexibility index (Phi) is 5.55. The monoisotopic (exact) mass is 360 g/mol. The van der Waals surface area contributed by atoms with Crippen LogP contribution in [0.3, 0.4) is 0 Å². The molecule has 0 aliphatic carbocycles. The SMILES string of the molecule is C=CC(C(=O)OC)=P(c1ccccc1)(c1ccccc1)c1ccccc1. The second kappa shape index (κ2) is 8.03. The maximum atomic E-state index is 12.8. The molecule has 0 aromatic heterocycles. The first-order valence-corrected chi connectivity index (χ1v) is 10.2. The number of carbonyl (C=O) groups is 1. The molecule has 0 atom stereocenters. The highest BCUT2D eigenvalue weighted by Gasteiger charge is 2.31. The van der Waals surface area contributed by atoms with Gasteiger partial charge in [0.1, 0.15) is 0 Å². The van der Waals surface area contributed by atoms with E-state index >= 15 is 0 Å². The smallest absolute Gasteiger partial charge is 0.338 e. The van der Waals surface area contributed by atoms with E-state index in [1.807, 2.05) is 54.6 Å². The van der Waals surface area contributed by atoms with Gasteiger partial charge in [-0.15, -0.1) is 0 Å². The van der Waals surface area contributed by atoms with Crippen LogP contribution in [0, 0.1) is 0 Å². The van der Waals surface area contributed by atoms with E-state index < -0.39 is 6.89 Å². The molecule has 3 rings (SSSR count). The number of carbonyl (C=O) groups excluding carboxylic acids is 1. The lowest BCUT2D eigenvalue weighted by Crippen LogP contribution is -2.33. The van der Waals surface area contributed by atoms with Gasteiger partial charge >= 0.3 is 5.97 Å². The number of rotatable bonds is 5. The fraction of sp³-hybridized carbons (Fsp3) is 0.0435. The molecule has 0 aliphatic heterocycles. The summed E-state index contributed by atoms with van der Waals surface area (Å²) < 4.78 is 5.15. The standard InChI is InChI=1S/C23H21O2P/c1-3-22(23(24)25-2)26(19-13-7-4-8-14-19,20-15-9-5-10-16-20)21-17-11-6-12-18-21/h3-18H,1H2,2H3. The molecule has 2 nitrogen and oxygen atoms in total. The second-order valence-electron chi connectivity index (χ2n) is 5.76. The van der Waals surface area contributed by atoms with Gasteiger partial charge in [-0.1, -0.05) is 104 Å². The number of hydrogen-bond donors (Lipinski definition) is 0. The van der Waals surface area contributed by atoms with Crippen LogP contribution in [0.5, 0.6) is 0 Å². The van der Waals surface area contributed by atoms with Gasteiger partial charge in [-0.05, 0) is 22.8 Å². The number of benzene rings is 3. The van der Waals surface area contributed by atoms with E-state index in [9.17, 15) is 4.79 Å². The van der Waals surface area contributed by atoms with Crippen molar-refractivity contribution < 1.29 is 9.53 Å². The van der Waals surface area contributed by atoms with Gasteiger partial charge in [-0.2, -0.15) is 0 Å². The molecular weight excluding hydrogens is 339 g/mol. The van der Waals surface area contributed by atoms with E-state index in [0.29, 0.717) is 5.29 Å². The van der Waals surface area contributed by atoms with E-state index in [1.165, 1.54) is 7.11 Å². The third-order valence-corrected chi connectivity index (χ3v) is 8.69. The molecule has 0 spiro atoms. The molecule has 0 saturated heterocycles. The van der Waals surface area contributed by atoms with E-state index in [-0.39, 0.29) is 5.97 Å². The minimum absolute atomic E-state index is 0.343. The van der Waals surface area contributed by atoms with Crippen molar-refractivity contribution in [1.82, 2.24) is 0 Å². The molecule has 0 heterocycles. The first kappa shape index (κ1) is 18.0. The zero-order valence-electron chi connectivity index (χ0n) is 14.7. The van der Waals surface area contributed by atoms with E-state index in [1.54, 1.807) is 6.08 Å². The molecule has 0 fully saturated rings. The number of ether oxygens (including phenoxy) is 1. The summed E-state index contributed by atoms with van der Waals surface area (Å²) in [5, 5.41) is 3.89. The first-order valence-electron chi connectivity index (χ1n) is 8.39. The quantitative estimate of drug-likeness (QED) is 0.514. The van der Waals surface area contributed by atoms with Crippen molar-refractivity contribution in [3.05, 3.63) is 104 Å². The van der Waals surface area contributed by atoms with Gasteiger partial charge in [0.2, 0.25) is 0 Å². The molecule has 0 radical (unpaired) electrons. The molecule has 0 amide bonds. The van der Waals surface area contributed by atoms with E-state index in [2.05, 4.69) is 43.0 Å². The maximum Gasteiger partial charge on any atom is 0.338 e. The molecule has 0 saturated carbocycles. The summed E-state index contributed by atoms with van der Waals surface area (Å²) in [5.41, 5.74) is 0. The summed E-state index contributed by atoms with van der Waals surface area (Å²) >= 11 is 0. The van der Waals surface area contributed by atoms with Gasteiger partial charge in [-0.3, -0.25) is 0 Å². The van der Waals surface area contributed by atoms with Gasteiger partial charge in [0, 0.05) is 0 Å². The molecule has 3 heteroatoms. The van der Waals surface area contributed by atoms with Crippen molar-refractivity contribution in [2.75, 3.05) is 7.11 Å². The summed E-state index contributed by atoms with van der Waals surface area (Å²) in [7, 11) is 1.42. The summed E-state index contributed by atoms with van der Waals surface area (Å²) in [4.78, 5) is 12.8. The summed E-state index contributed by atoms with van der Waals surface area (Å²) in [6.45, 7) is 1.55. The van der Waals surface area contributed by atoms with Crippen molar-refractivity contribution >= 4 is 34.1 Å². The predicted molar refractivity (Wildman–Crippen MR) is 112 cm³/mol. The molecule has 3 aromatic rings. The van der Waals surface area contributed by atoms with Gasteiger partial charge in [0.05, 0.1) is 12.4 Å². The predicted octanol–water partition coefficient (Wildman–Crippen LogP) is 3.51. The third-order valence-electron chi connectivity index (χ3n) is 4.38. The van der Waals surface area contributed by atoms with Crippen LogP contribution >= 0.6 is 6.89 Å². The molecule has 0 bridgehead atoms. The lowest BCUT2D eigenvalue weighted by Gasteiger charge is -2.30. The largest absolute Gasteiger partial charge is 0.465 e. The van der Waals surface area contributed by atoms with Gasteiger partial charge in [0.15, 0.2) is 0 Å². The van der Waals surface area contributed by atoms with Crippen LogP contribution in [-0.2, 0) is 9.53 Å². The Morgan fingerprint density at radius 3 is 1.38 bits per heavy atom. The maximum absolute atomic E-state index is 12.8. The fourth-order valence-electron chi connectivity index (χ4n) is 3.28.